The zero-order valence-electron chi connectivity index (χ0n) is 11.4. The Bertz CT molecular complexity index is 467. The average Bonchev–Trinajstić information content (AvgIpc) is 2.69. The summed E-state index contributed by atoms with van der Waals surface area (Å²) in [7, 11) is -1.50. The van der Waals surface area contributed by atoms with Crippen LogP contribution in [-0.2, 0) is 17.1 Å². The number of nitrogens with zero attached hydrogens (tertiary/aromatic N) is 3. The molecule has 1 heterocycles. The first kappa shape index (κ1) is 15.1. The summed E-state index contributed by atoms with van der Waals surface area (Å²) >= 11 is 0. The number of rotatable bonds is 7. The number of hydrogen-bond acceptors (Lipinski definition) is 4. The molecule has 7 heteroatoms. The molecule has 1 atom stereocenters. The summed E-state index contributed by atoms with van der Waals surface area (Å²) in [5, 5.41) is 3.98. The summed E-state index contributed by atoms with van der Waals surface area (Å²) in [6.07, 6.45) is 2.96. The minimum atomic E-state index is -3.26. The summed E-state index contributed by atoms with van der Waals surface area (Å²) in [5.74, 6) is 0.916. The molecule has 0 bridgehead atoms. The molecule has 0 saturated carbocycles. The lowest BCUT2D eigenvalue weighted by Gasteiger charge is -2.21. The fraction of sp³-hybridized carbons (Fsp3) is 0.818. The lowest BCUT2D eigenvalue weighted by atomic mass is 10.1. The quantitative estimate of drug-likeness (QED) is 0.811. The Labute approximate surface area is 109 Å². The summed E-state index contributed by atoms with van der Waals surface area (Å²) in [4.78, 5) is 4.13. The molecule has 0 spiro atoms. The van der Waals surface area contributed by atoms with Gasteiger partial charge in [-0.15, -0.1) is 0 Å². The molecular formula is C11H22N4O2S. The van der Waals surface area contributed by atoms with Crippen LogP contribution in [0.3, 0.4) is 0 Å². The first-order chi connectivity index (χ1) is 8.37. The molecule has 104 valence electrons. The number of aryl methyl sites for hydroxylation is 1. The van der Waals surface area contributed by atoms with Crippen LogP contribution in [0.1, 0.15) is 45.5 Å². The molecule has 1 aromatic heterocycles. The van der Waals surface area contributed by atoms with Gasteiger partial charge in [-0.1, -0.05) is 27.2 Å². The van der Waals surface area contributed by atoms with Crippen LogP contribution in [0.15, 0.2) is 6.33 Å². The van der Waals surface area contributed by atoms with Crippen LogP contribution in [0.2, 0.25) is 0 Å². The van der Waals surface area contributed by atoms with Crippen LogP contribution in [0.4, 0.5) is 0 Å². The molecule has 0 radical (unpaired) electrons. The summed E-state index contributed by atoms with van der Waals surface area (Å²) in [6, 6.07) is -0.334. The van der Waals surface area contributed by atoms with Crippen LogP contribution in [0.25, 0.3) is 0 Å². The van der Waals surface area contributed by atoms with E-state index in [2.05, 4.69) is 14.8 Å². The van der Waals surface area contributed by atoms with Crippen molar-refractivity contribution in [1.29, 1.82) is 0 Å². The highest BCUT2D eigenvalue weighted by Crippen LogP contribution is 2.20. The lowest BCUT2D eigenvalue weighted by Crippen LogP contribution is -2.35. The smallest absolute Gasteiger partial charge is 0.212 e. The van der Waals surface area contributed by atoms with Crippen molar-refractivity contribution < 1.29 is 8.42 Å². The average molecular weight is 274 g/mol. The maximum absolute atomic E-state index is 11.9. The Morgan fingerprint density at radius 2 is 2.11 bits per heavy atom. The normalized spacial score (nSPS) is 14.1. The highest BCUT2D eigenvalue weighted by atomic mass is 32.2. The number of unbranched alkanes of at least 4 members (excludes halogenated alkanes) is 1. The van der Waals surface area contributed by atoms with Crippen molar-refractivity contribution >= 4 is 10.0 Å². The maximum atomic E-state index is 11.9. The van der Waals surface area contributed by atoms with Gasteiger partial charge in [-0.3, -0.25) is 4.68 Å². The van der Waals surface area contributed by atoms with E-state index >= 15 is 0 Å². The van der Waals surface area contributed by atoms with E-state index in [0.29, 0.717) is 12.2 Å². The third-order valence-electron chi connectivity index (χ3n) is 2.76. The monoisotopic (exact) mass is 274 g/mol. The van der Waals surface area contributed by atoms with Gasteiger partial charge >= 0.3 is 0 Å². The van der Waals surface area contributed by atoms with Crippen molar-refractivity contribution in [2.75, 3.05) is 5.75 Å². The second-order valence-electron chi connectivity index (χ2n) is 4.75. The topological polar surface area (TPSA) is 76.9 Å². The zero-order valence-corrected chi connectivity index (χ0v) is 12.2. The molecular weight excluding hydrogens is 252 g/mol. The summed E-state index contributed by atoms with van der Waals surface area (Å²) in [6.45, 7) is 5.89. The minimum absolute atomic E-state index is 0.115. The van der Waals surface area contributed by atoms with Gasteiger partial charge in [0.1, 0.15) is 12.2 Å². The van der Waals surface area contributed by atoms with Gasteiger partial charge in [0.2, 0.25) is 10.0 Å². The van der Waals surface area contributed by atoms with Gasteiger partial charge in [0.25, 0.3) is 0 Å². The highest BCUT2D eigenvalue weighted by Gasteiger charge is 2.25. The molecule has 6 nitrogen and oxygen atoms in total. The molecule has 1 rings (SSSR count). The third-order valence-corrected chi connectivity index (χ3v) is 4.20. The Balaban J connectivity index is 2.86. The number of aromatic nitrogens is 3. The Hall–Kier alpha value is -0.950. The number of hydrogen-bond donors (Lipinski definition) is 1. The molecule has 0 aromatic carbocycles. The Morgan fingerprint density at radius 3 is 2.56 bits per heavy atom. The first-order valence-corrected chi connectivity index (χ1v) is 7.86. The van der Waals surface area contributed by atoms with Crippen LogP contribution in [0, 0.1) is 5.92 Å². The SMILES string of the molecule is CCCCS(=O)(=O)NC(c1ncnn1C)C(C)C. The van der Waals surface area contributed by atoms with Gasteiger partial charge < -0.3 is 0 Å². The van der Waals surface area contributed by atoms with Gasteiger partial charge in [-0.25, -0.2) is 18.1 Å². The van der Waals surface area contributed by atoms with Crippen molar-refractivity contribution in [1.82, 2.24) is 19.5 Å². The van der Waals surface area contributed by atoms with E-state index in [1.54, 1.807) is 11.7 Å². The van der Waals surface area contributed by atoms with Gasteiger partial charge in [0, 0.05) is 7.05 Å². The summed E-state index contributed by atoms with van der Waals surface area (Å²) < 4.78 is 28.2. The van der Waals surface area contributed by atoms with Crippen molar-refractivity contribution in [3.63, 3.8) is 0 Å². The minimum Gasteiger partial charge on any atom is -0.252 e. The molecule has 0 aliphatic rings. The Morgan fingerprint density at radius 1 is 1.44 bits per heavy atom. The van der Waals surface area contributed by atoms with Crippen LogP contribution >= 0.6 is 0 Å². The lowest BCUT2D eigenvalue weighted by molar-refractivity contribution is 0.428. The van der Waals surface area contributed by atoms with Crippen molar-refractivity contribution in [2.45, 2.75) is 39.7 Å². The van der Waals surface area contributed by atoms with Gasteiger partial charge in [-0.2, -0.15) is 5.10 Å². The zero-order chi connectivity index (χ0) is 13.8. The molecule has 0 saturated heterocycles. The van der Waals surface area contributed by atoms with E-state index in [1.807, 2.05) is 20.8 Å². The fourth-order valence-electron chi connectivity index (χ4n) is 1.66. The van der Waals surface area contributed by atoms with Crippen molar-refractivity contribution in [3.05, 3.63) is 12.2 Å². The summed E-state index contributed by atoms with van der Waals surface area (Å²) in [5.41, 5.74) is 0. The first-order valence-electron chi connectivity index (χ1n) is 6.21. The van der Waals surface area contributed by atoms with E-state index in [1.165, 1.54) is 6.33 Å². The van der Waals surface area contributed by atoms with E-state index in [0.717, 1.165) is 6.42 Å². The second kappa shape index (κ2) is 6.29. The molecule has 1 aromatic rings. The van der Waals surface area contributed by atoms with E-state index in [9.17, 15) is 8.42 Å². The van der Waals surface area contributed by atoms with Crippen molar-refractivity contribution in [2.24, 2.45) is 13.0 Å². The van der Waals surface area contributed by atoms with Gasteiger partial charge in [0.15, 0.2) is 0 Å². The predicted octanol–water partition coefficient (Wildman–Crippen LogP) is 1.23. The van der Waals surface area contributed by atoms with Crippen LogP contribution < -0.4 is 4.72 Å². The van der Waals surface area contributed by atoms with E-state index in [-0.39, 0.29) is 17.7 Å². The highest BCUT2D eigenvalue weighted by molar-refractivity contribution is 7.89. The largest absolute Gasteiger partial charge is 0.252 e. The number of sulfonamides is 1. The fourth-order valence-corrected chi connectivity index (χ4v) is 3.21. The van der Waals surface area contributed by atoms with E-state index < -0.39 is 10.0 Å². The second-order valence-corrected chi connectivity index (χ2v) is 6.63. The molecule has 0 fully saturated rings. The molecule has 1 N–H and O–H groups in total. The maximum Gasteiger partial charge on any atom is 0.212 e. The molecule has 0 aliphatic heterocycles. The molecule has 1 unspecified atom stereocenters. The third kappa shape index (κ3) is 4.06. The predicted molar refractivity (Wildman–Crippen MR) is 70.4 cm³/mol. The van der Waals surface area contributed by atoms with Gasteiger partial charge in [0.05, 0.1) is 11.8 Å². The van der Waals surface area contributed by atoms with Crippen molar-refractivity contribution in [3.8, 4) is 0 Å². The molecule has 0 aliphatic carbocycles. The van der Waals surface area contributed by atoms with Crippen LogP contribution in [0.5, 0.6) is 0 Å². The molecule has 18 heavy (non-hydrogen) atoms. The molecule has 0 amide bonds. The number of nitrogens with one attached hydrogen (secondary N) is 1. The van der Waals surface area contributed by atoms with E-state index in [4.69, 9.17) is 0 Å². The standard InChI is InChI=1S/C11H22N4O2S/c1-5-6-7-18(16,17)14-10(9(2)3)11-12-8-13-15(11)4/h8-10,14H,5-7H2,1-4H3. The Kier molecular flexibility index (Phi) is 5.28. The van der Waals surface area contributed by atoms with Crippen LogP contribution in [-0.4, -0.2) is 28.9 Å². The van der Waals surface area contributed by atoms with Gasteiger partial charge in [-0.05, 0) is 12.3 Å².